The number of amides is 4. The van der Waals surface area contributed by atoms with Gasteiger partial charge < -0.3 is 9.47 Å². The Morgan fingerprint density at radius 3 is 2.20 bits per heavy atom. The highest BCUT2D eigenvalue weighted by Crippen LogP contribution is 2.60. The van der Waals surface area contributed by atoms with Gasteiger partial charge in [-0.05, 0) is 150 Å². The number of carbonyl (C=O) groups is 3. The Kier molecular flexibility index (Phi) is 8.27. The maximum absolute atomic E-state index is 13.7. The second-order valence-corrected chi connectivity index (χ2v) is 15.0. The minimum atomic E-state index is -0.744. The summed E-state index contributed by atoms with van der Waals surface area (Å²) in [5, 5.41) is 2.36. The second kappa shape index (κ2) is 12.2. The Balaban J connectivity index is 1.14. The Labute approximate surface area is 285 Å². The van der Waals surface area contributed by atoms with E-state index in [9.17, 15) is 14.4 Å². The van der Waals surface area contributed by atoms with Crippen LogP contribution in [0.5, 0.6) is 11.5 Å². The van der Waals surface area contributed by atoms with E-state index in [1.807, 2.05) is 49.4 Å². The number of anilines is 1. The van der Waals surface area contributed by atoms with Crippen LogP contribution >= 0.6 is 38.5 Å². The van der Waals surface area contributed by atoms with Gasteiger partial charge in [0.05, 0.1) is 15.9 Å². The highest BCUT2D eigenvalue weighted by molar-refractivity contribution is 14.1. The Morgan fingerprint density at radius 2 is 1.58 bits per heavy atom. The van der Waals surface area contributed by atoms with E-state index in [-0.39, 0.29) is 11.0 Å². The van der Waals surface area contributed by atoms with Crippen LogP contribution in [0.25, 0.3) is 6.08 Å². The van der Waals surface area contributed by atoms with Gasteiger partial charge >= 0.3 is 6.03 Å². The van der Waals surface area contributed by atoms with Gasteiger partial charge in [-0.15, -0.1) is 0 Å². The Morgan fingerprint density at radius 1 is 0.933 bits per heavy atom. The molecule has 9 heteroatoms. The molecule has 7 nitrogen and oxygen atoms in total. The van der Waals surface area contributed by atoms with Crippen molar-refractivity contribution in [3.8, 4) is 11.5 Å². The summed E-state index contributed by atoms with van der Waals surface area (Å²) in [4.78, 5) is 40.7. The van der Waals surface area contributed by atoms with Gasteiger partial charge in [0.15, 0.2) is 11.5 Å². The quantitative estimate of drug-likeness (QED) is 0.142. The van der Waals surface area contributed by atoms with Crippen LogP contribution in [0, 0.1) is 21.3 Å². The molecule has 1 N–H and O–H groups in total. The lowest BCUT2D eigenvalue weighted by Gasteiger charge is -2.57. The summed E-state index contributed by atoms with van der Waals surface area (Å²) in [6.45, 7) is 2.64. The molecule has 45 heavy (non-hydrogen) atoms. The predicted octanol–water partition coefficient (Wildman–Crippen LogP) is 8.17. The van der Waals surface area contributed by atoms with Crippen LogP contribution in [0.4, 0.5) is 10.5 Å². The van der Waals surface area contributed by atoms with Gasteiger partial charge in [-0.1, -0.05) is 40.2 Å². The standard InChI is InChI=1S/C36H34BrIN2O5/c1-2-44-31-16-22(15-30(38)32(31)45-20-21-3-7-27(37)8-4-21)14-29-33(41)39-35(43)40(34(29)42)28-9-5-26(6-10-28)36-17-23-11-24(18-36)13-25(12-23)19-36/h3-10,14-16,23-25H,2,11-13,17-20H2,1H3,(H,39,41,43)/b29-14+. The van der Waals surface area contributed by atoms with Crippen molar-refractivity contribution in [1.82, 2.24) is 5.32 Å². The smallest absolute Gasteiger partial charge is 0.335 e. The molecule has 4 aliphatic carbocycles. The summed E-state index contributed by atoms with van der Waals surface area (Å²) in [5.41, 5.74) is 3.44. The van der Waals surface area contributed by atoms with Gasteiger partial charge in [0.1, 0.15) is 12.2 Å². The second-order valence-electron chi connectivity index (χ2n) is 12.9. The Hall–Kier alpha value is -3.18. The van der Waals surface area contributed by atoms with Crippen molar-refractivity contribution in [2.45, 2.75) is 57.5 Å². The van der Waals surface area contributed by atoms with E-state index < -0.39 is 17.8 Å². The van der Waals surface area contributed by atoms with E-state index in [4.69, 9.17) is 9.47 Å². The summed E-state index contributed by atoms with van der Waals surface area (Å²) in [5.74, 6) is 2.17. The van der Waals surface area contributed by atoms with E-state index >= 15 is 0 Å². The molecule has 0 aromatic heterocycles. The van der Waals surface area contributed by atoms with Crippen molar-refractivity contribution in [3.05, 3.63) is 91.0 Å². The minimum absolute atomic E-state index is 0.124. The zero-order chi connectivity index (χ0) is 31.3. The number of ether oxygens (including phenoxy) is 2. The first-order valence-corrected chi connectivity index (χ1v) is 17.4. The van der Waals surface area contributed by atoms with Crippen LogP contribution < -0.4 is 19.7 Å². The fourth-order valence-electron chi connectivity index (χ4n) is 8.30. The van der Waals surface area contributed by atoms with Crippen LogP contribution in [0.3, 0.4) is 0 Å². The average molecular weight is 781 g/mol. The summed E-state index contributed by atoms with van der Waals surface area (Å²) in [6, 6.07) is 18.6. The number of hydrogen-bond acceptors (Lipinski definition) is 5. The topological polar surface area (TPSA) is 84.9 Å². The first-order chi connectivity index (χ1) is 21.7. The SMILES string of the molecule is CCOc1cc(/C=C2\C(=O)NC(=O)N(c3ccc(C45CC6CC(CC(C6)C4)C5)cc3)C2=O)cc(I)c1OCc1ccc(Br)cc1. The maximum Gasteiger partial charge on any atom is 0.335 e. The first kappa shape index (κ1) is 30.5. The molecule has 0 radical (unpaired) electrons. The zero-order valence-corrected chi connectivity index (χ0v) is 28.7. The van der Waals surface area contributed by atoms with Crippen LogP contribution in [0.15, 0.2) is 70.7 Å². The molecule has 1 saturated heterocycles. The molecule has 8 rings (SSSR count). The average Bonchev–Trinajstić information content (AvgIpc) is 2.99. The van der Waals surface area contributed by atoms with Crippen molar-refractivity contribution < 1.29 is 23.9 Å². The molecule has 3 aromatic carbocycles. The fourth-order valence-corrected chi connectivity index (χ4v) is 9.34. The van der Waals surface area contributed by atoms with Crippen molar-refractivity contribution >= 4 is 68.1 Å². The third-order valence-corrected chi connectivity index (χ3v) is 11.1. The maximum atomic E-state index is 13.7. The summed E-state index contributed by atoms with van der Waals surface area (Å²) >= 11 is 5.61. The molecule has 3 aromatic rings. The lowest BCUT2D eigenvalue weighted by Crippen LogP contribution is -2.54. The van der Waals surface area contributed by atoms with Gasteiger partial charge in [-0.25, -0.2) is 9.69 Å². The van der Waals surface area contributed by atoms with E-state index in [2.05, 4.69) is 56.0 Å². The minimum Gasteiger partial charge on any atom is -0.490 e. The number of halogens is 2. The van der Waals surface area contributed by atoms with Crippen LogP contribution in [-0.2, 0) is 21.6 Å². The highest BCUT2D eigenvalue weighted by atomic mass is 127. The number of imide groups is 2. The monoisotopic (exact) mass is 780 g/mol. The summed E-state index contributed by atoms with van der Waals surface area (Å²) < 4.78 is 13.8. The molecule has 4 bridgehead atoms. The number of rotatable bonds is 8. The first-order valence-electron chi connectivity index (χ1n) is 15.6. The molecular weight excluding hydrogens is 747 g/mol. The van der Waals surface area contributed by atoms with Crippen molar-refractivity contribution in [2.75, 3.05) is 11.5 Å². The van der Waals surface area contributed by atoms with Gasteiger partial charge in [0.25, 0.3) is 11.8 Å². The molecular formula is C36H34BrIN2O5. The van der Waals surface area contributed by atoms with Crippen LogP contribution in [0.1, 0.15) is 62.1 Å². The normalized spacial score (nSPS) is 26.4. The van der Waals surface area contributed by atoms with Gasteiger partial charge in [0.2, 0.25) is 0 Å². The number of nitrogens with one attached hydrogen (secondary N) is 1. The van der Waals surface area contributed by atoms with Crippen LogP contribution in [0.2, 0.25) is 0 Å². The van der Waals surface area contributed by atoms with Crippen LogP contribution in [-0.4, -0.2) is 24.5 Å². The lowest BCUT2D eigenvalue weighted by molar-refractivity contribution is -0.122. The zero-order valence-electron chi connectivity index (χ0n) is 25.0. The molecule has 0 atom stereocenters. The predicted molar refractivity (Wildman–Crippen MR) is 184 cm³/mol. The summed E-state index contributed by atoms with van der Waals surface area (Å²) in [7, 11) is 0. The number of barbiturate groups is 1. The molecule has 4 saturated carbocycles. The largest absolute Gasteiger partial charge is 0.490 e. The number of nitrogens with zero attached hydrogens (tertiary/aromatic N) is 1. The number of carbonyl (C=O) groups excluding carboxylic acids is 3. The van der Waals surface area contributed by atoms with Gasteiger partial charge in [0, 0.05) is 4.47 Å². The molecule has 5 aliphatic rings. The van der Waals surface area contributed by atoms with E-state index in [0.29, 0.717) is 36.0 Å². The lowest BCUT2D eigenvalue weighted by atomic mass is 9.48. The van der Waals surface area contributed by atoms with E-state index in [1.54, 1.807) is 6.07 Å². The summed E-state index contributed by atoms with van der Waals surface area (Å²) in [6.07, 6.45) is 9.32. The molecule has 0 unspecified atom stereocenters. The number of benzene rings is 3. The van der Waals surface area contributed by atoms with Crippen molar-refractivity contribution in [2.24, 2.45) is 17.8 Å². The fraction of sp³-hybridized carbons (Fsp3) is 0.361. The molecule has 1 aliphatic heterocycles. The van der Waals surface area contributed by atoms with Crippen molar-refractivity contribution in [1.29, 1.82) is 0 Å². The Bertz CT molecular complexity index is 1670. The van der Waals surface area contributed by atoms with Crippen molar-refractivity contribution in [3.63, 3.8) is 0 Å². The van der Waals surface area contributed by atoms with E-state index in [1.165, 1.54) is 50.2 Å². The van der Waals surface area contributed by atoms with Gasteiger partial charge in [-0.3, -0.25) is 14.9 Å². The molecule has 0 spiro atoms. The van der Waals surface area contributed by atoms with Gasteiger partial charge in [-0.2, -0.15) is 0 Å². The highest BCUT2D eigenvalue weighted by Gasteiger charge is 2.51. The molecule has 232 valence electrons. The number of hydrogen-bond donors (Lipinski definition) is 1. The number of urea groups is 1. The molecule has 5 fully saturated rings. The molecule has 4 amide bonds. The third kappa shape index (κ3) is 5.93. The molecule has 1 heterocycles. The third-order valence-electron chi connectivity index (χ3n) is 9.82. The van der Waals surface area contributed by atoms with E-state index in [0.717, 1.165) is 36.3 Å².